The van der Waals surface area contributed by atoms with Crippen LogP contribution in [0.2, 0.25) is 0 Å². The highest BCUT2D eigenvalue weighted by Gasteiger charge is 2.53. The monoisotopic (exact) mass is 482 g/mol. The number of hydrogen-bond donors (Lipinski definition) is 0. The molecule has 0 spiro atoms. The van der Waals surface area contributed by atoms with E-state index in [9.17, 15) is 9.59 Å². The molecule has 0 heterocycles. The third-order valence-corrected chi connectivity index (χ3v) is 7.23. The summed E-state index contributed by atoms with van der Waals surface area (Å²) in [4.78, 5) is 26.2. The molecule has 0 bridgehead atoms. The van der Waals surface area contributed by atoms with Gasteiger partial charge in [-0.15, -0.1) is 0 Å². The lowest BCUT2D eigenvalue weighted by molar-refractivity contribution is -0.155. The van der Waals surface area contributed by atoms with E-state index in [4.69, 9.17) is 14.2 Å². The fourth-order valence-corrected chi connectivity index (χ4v) is 5.23. The smallest absolute Gasteiger partial charge is 0.342 e. The van der Waals surface area contributed by atoms with Gasteiger partial charge in [-0.05, 0) is 86.4 Å². The van der Waals surface area contributed by atoms with Gasteiger partial charge in [0.2, 0.25) is 0 Å². The van der Waals surface area contributed by atoms with E-state index in [0.717, 1.165) is 28.4 Å². The molecular formula is C24H35BrO5. The second kappa shape index (κ2) is 10.2. The first-order valence-corrected chi connectivity index (χ1v) is 11.7. The average molecular weight is 483 g/mol. The highest BCUT2D eigenvalue weighted by molar-refractivity contribution is 9.10. The third kappa shape index (κ3) is 4.53. The number of hydrogen-bond acceptors (Lipinski definition) is 5. The molecule has 0 aromatic heterocycles. The van der Waals surface area contributed by atoms with Crippen LogP contribution in [-0.4, -0.2) is 31.8 Å². The Labute approximate surface area is 189 Å². The van der Waals surface area contributed by atoms with Crippen molar-refractivity contribution in [2.75, 3.05) is 19.8 Å². The van der Waals surface area contributed by atoms with Crippen molar-refractivity contribution in [1.82, 2.24) is 0 Å². The van der Waals surface area contributed by atoms with Gasteiger partial charge >= 0.3 is 11.9 Å². The van der Waals surface area contributed by atoms with Crippen LogP contribution in [-0.2, 0) is 14.3 Å². The molecule has 1 fully saturated rings. The molecule has 0 unspecified atom stereocenters. The molecular weight excluding hydrogens is 448 g/mol. The predicted molar refractivity (Wildman–Crippen MR) is 121 cm³/mol. The van der Waals surface area contributed by atoms with Crippen molar-refractivity contribution in [3.05, 3.63) is 27.2 Å². The van der Waals surface area contributed by atoms with Gasteiger partial charge in [-0.2, -0.15) is 0 Å². The second-order valence-electron chi connectivity index (χ2n) is 8.52. The second-order valence-corrected chi connectivity index (χ2v) is 9.31. The topological polar surface area (TPSA) is 61.8 Å². The molecule has 1 aromatic rings. The summed E-state index contributed by atoms with van der Waals surface area (Å²) in [6.45, 7) is 14.8. The van der Waals surface area contributed by atoms with Crippen molar-refractivity contribution in [2.45, 2.75) is 67.2 Å². The lowest BCUT2D eigenvalue weighted by atomic mass is 9.69. The zero-order chi connectivity index (χ0) is 22.6. The molecule has 1 aliphatic rings. The van der Waals surface area contributed by atoms with Crippen molar-refractivity contribution >= 4 is 27.9 Å². The van der Waals surface area contributed by atoms with Crippen LogP contribution in [0, 0.1) is 24.2 Å². The third-order valence-electron chi connectivity index (χ3n) is 6.25. The van der Waals surface area contributed by atoms with Crippen molar-refractivity contribution in [3.63, 3.8) is 0 Å². The van der Waals surface area contributed by atoms with Gasteiger partial charge in [0.25, 0.3) is 0 Å². The van der Waals surface area contributed by atoms with Gasteiger partial charge in [0.05, 0.1) is 29.7 Å². The molecule has 0 radical (unpaired) electrons. The number of halogens is 1. The Balaban J connectivity index is 2.81. The molecule has 0 aliphatic heterocycles. The number of carbonyl (C=O) groups excluding carboxylic acids is 2. The lowest BCUT2D eigenvalue weighted by Gasteiger charge is -2.35. The molecule has 30 heavy (non-hydrogen) atoms. The SMILES string of the molecule is CCOC(=O)c1c([C@H]2[C@@H](C(C)C)CC[C@@]2(C)C(=O)OCC)cc(C)c(Br)c1OCC. The summed E-state index contributed by atoms with van der Waals surface area (Å²) in [5.74, 6) is 0.292. The summed E-state index contributed by atoms with van der Waals surface area (Å²) in [6, 6.07) is 2.02. The summed E-state index contributed by atoms with van der Waals surface area (Å²) in [6.07, 6.45) is 1.62. The maximum absolute atomic E-state index is 13.1. The van der Waals surface area contributed by atoms with E-state index < -0.39 is 11.4 Å². The Morgan fingerprint density at radius 3 is 2.33 bits per heavy atom. The molecule has 3 atom stereocenters. The number of aryl methyl sites for hydroxylation is 1. The Morgan fingerprint density at radius 1 is 1.17 bits per heavy atom. The lowest BCUT2D eigenvalue weighted by Crippen LogP contribution is -2.36. The van der Waals surface area contributed by atoms with Gasteiger partial charge < -0.3 is 14.2 Å². The highest BCUT2D eigenvalue weighted by Crippen LogP contribution is 2.57. The zero-order valence-electron chi connectivity index (χ0n) is 19.3. The molecule has 1 saturated carbocycles. The number of benzene rings is 1. The van der Waals surface area contributed by atoms with E-state index in [-0.39, 0.29) is 24.4 Å². The predicted octanol–water partition coefficient (Wildman–Crippen LogP) is 6.05. The molecule has 2 rings (SSSR count). The molecule has 1 aromatic carbocycles. The minimum absolute atomic E-state index is 0.165. The fraction of sp³-hybridized carbons (Fsp3) is 0.667. The van der Waals surface area contributed by atoms with Crippen LogP contribution >= 0.6 is 15.9 Å². The van der Waals surface area contributed by atoms with Gasteiger partial charge in [-0.1, -0.05) is 19.9 Å². The molecule has 0 N–H and O–H groups in total. The van der Waals surface area contributed by atoms with Crippen molar-refractivity contribution < 1.29 is 23.8 Å². The largest absolute Gasteiger partial charge is 0.492 e. The Kier molecular flexibility index (Phi) is 8.37. The number of esters is 2. The van der Waals surface area contributed by atoms with E-state index in [1.54, 1.807) is 6.92 Å². The summed E-state index contributed by atoms with van der Waals surface area (Å²) in [7, 11) is 0. The van der Waals surface area contributed by atoms with Crippen LogP contribution in [0.1, 0.15) is 81.8 Å². The van der Waals surface area contributed by atoms with Gasteiger partial charge in [-0.3, -0.25) is 4.79 Å². The minimum Gasteiger partial charge on any atom is -0.492 e. The summed E-state index contributed by atoms with van der Waals surface area (Å²) >= 11 is 3.60. The van der Waals surface area contributed by atoms with Gasteiger partial charge in [0.15, 0.2) is 0 Å². The molecule has 1 aliphatic carbocycles. The standard InChI is InChI=1S/C24H35BrO5/c1-8-28-21-18(22(26)29-9-2)17(13-15(6)20(21)25)19-16(14(4)5)11-12-24(19,7)23(27)30-10-3/h13-14,16,19H,8-12H2,1-7H3/t16-,19-,24-/m1/s1. The number of rotatable bonds is 8. The Bertz CT molecular complexity index is 788. The molecule has 168 valence electrons. The first kappa shape index (κ1) is 24.7. The van der Waals surface area contributed by atoms with Crippen molar-refractivity contribution in [2.24, 2.45) is 17.3 Å². The number of ether oxygens (including phenoxy) is 3. The Morgan fingerprint density at radius 2 is 1.80 bits per heavy atom. The zero-order valence-corrected chi connectivity index (χ0v) is 20.9. The first-order valence-electron chi connectivity index (χ1n) is 10.9. The maximum Gasteiger partial charge on any atom is 0.342 e. The molecule has 0 saturated heterocycles. The van der Waals surface area contributed by atoms with Crippen LogP contribution in [0.25, 0.3) is 0 Å². The van der Waals surface area contributed by atoms with E-state index in [0.29, 0.717) is 30.4 Å². The summed E-state index contributed by atoms with van der Waals surface area (Å²) < 4.78 is 17.6. The molecule has 5 nitrogen and oxygen atoms in total. The summed E-state index contributed by atoms with van der Waals surface area (Å²) in [5.41, 5.74) is 1.49. The van der Waals surface area contributed by atoms with Crippen molar-refractivity contribution in [1.29, 1.82) is 0 Å². The van der Waals surface area contributed by atoms with Crippen LogP contribution in [0.4, 0.5) is 0 Å². The van der Waals surface area contributed by atoms with Crippen LogP contribution in [0.5, 0.6) is 5.75 Å². The van der Waals surface area contributed by atoms with Gasteiger partial charge in [0, 0.05) is 5.92 Å². The van der Waals surface area contributed by atoms with Crippen LogP contribution < -0.4 is 4.74 Å². The minimum atomic E-state index is -0.712. The molecule has 6 heteroatoms. The number of carbonyl (C=O) groups is 2. The van der Waals surface area contributed by atoms with Gasteiger partial charge in [-0.25, -0.2) is 4.79 Å². The quantitative estimate of drug-likeness (QED) is 0.421. The average Bonchev–Trinajstić information content (AvgIpc) is 3.04. The summed E-state index contributed by atoms with van der Waals surface area (Å²) in [5, 5.41) is 0. The van der Waals surface area contributed by atoms with Crippen LogP contribution in [0.15, 0.2) is 10.5 Å². The first-order chi connectivity index (χ1) is 14.1. The van der Waals surface area contributed by atoms with E-state index >= 15 is 0 Å². The fourth-order valence-electron chi connectivity index (χ4n) is 4.81. The molecule has 0 amide bonds. The normalized spacial score (nSPS) is 23.5. The van der Waals surface area contributed by atoms with E-state index in [1.165, 1.54) is 0 Å². The maximum atomic E-state index is 13.1. The van der Waals surface area contributed by atoms with Crippen LogP contribution in [0.3, 0.4) is 0 Å². The van der Waals surface area contributed by atoms with Gasteiger partial charge in [0.1, 0.15) is 11.3 Å². The highest BCUT2D eigenvalue weighted by atomic mass is 79.9. The van der Waals surface area contributed by atoms with E-state index in [2.05, 4.69) is 29.8 Å². The Hall–Kier alpha value is -1.56. The van der Waals surface area contributed by atoms with Crippen molar-refractivity contribution in [3.8, 4) is 5.75 Å². The van der Waals surface area contributed by atoms with E-state index in [1.807, 2.05) is 33.8 Å².